The highest BCUT2D eigenvalue weighted by atomic mass is 32.1. The first-order valence-electron chi connectivity index (χ1n) is 9.59. The van der Waals surface area contributed by atoms with Crippen LogP contribution in [0, 0.1) is 6.92 Å². The summed E-state index contributed by atoms with van der Waals surface area (Å²) in [7, 11) is 1.37. The minimum atomic E-state index is -0.367. The van der Waals surface area contributed by atoms with Crippen LogP contribution in [-0.4, -0.2) is 31.3 Å². The summed E-state index contributed by atoms with van der Waals surface area (Å²) in [4.78, 5) is 14.2. The number of hydrogen-bond donors (Lipinski definition) is 2. The van der Waals surface area contributed by atoms with Crippen LogP contribution in [-0.2, 0) is 4.74 Å². The van der Waals surface area contributed by atoms with Crippen LogP contribution < -0.4 is 15.5 Å². The van der Waals surface area contributed by atoms with Crippen LogP contribution in [0.2, 0.25) is 0 Å². The Bertz CT molecular complexity index is 845. The summed E-state index contributed by atoms with van der Waals surface area (Å²) in [6, 6.07) is 14.1. The zero-order valence-corrected chi connectivity index (χ0v) is 17.4. The Labute approximate surface area is 172 Å². The second-order valence-electron chi connectivity index (χ2n) is 7.13. The quantitative estimate of drug-likeness (QED) is 0.575. The molecule has 1 aliphatic rings. The number of ether oxygens (including phenoxy) is 1. The van der Waals surface area contributed by atoms with E-state index < -0.39 is 0 Å². The molecule has 3 rings (SSSR count). The maximum Gasteiger partial charge on any atom is 0.337 e. The molecule has 1 atom stereocenters. The number of methoxy groups -OCH3 is 1. The lowest BCUT2D eigenvalue weighted by atomic mass is 10.1. The highest BCUT2D eigenvalue weighted by Gasteiger charge is 2.14. The normalized spacial score (nSPS) is 14.5. The summed E-state index contributed by atoms with van der Waals surface area (Å²) in [6.07, 6.45) is 2.55. The minimum Gasteiger partial charge on any atom is -0.465 e. The van der Waals surface area contributed by atoms with Gasteiger partial charge in [-0.3, -0.25) is 0 Å². The van der Waals surface area contributed by atoms with E-state index in [1.807, 2.05) is 13.0 Å². The SMILES string of the molecule is COC(=O)c1ccc(C)c(NC(=S)NC(C)c2ccc(N3CCCC3)cc2)c1. The van der Waals surface area contributed by atoms with Crippen LogP contribution in [0.1, 0.15) is 47.3 Å². The summed E-state index contributed by atoms with van der Waals surface area (Å²) >= 11 is 5.48. The zero-order valence-electron chi connectivity index (χ0n) is 16.6. The molecule has 2 N–H and O–H groups in total. The second kappa shape index (κ2) is 9.06. The van der Waals surface area contributed by atoms with Gasteiger partial charge in [-0.25, -0.2) is 4.79 Å². The summed E-state index contributed by atoms with van der Waals surface area (Å²) in [5, 5.41) is 7.02. The van der Waals surface area contributed by atoms with Crippen LogP contribution >= 0.6 is 12.2 Å². The van der Waals surface area contributed by atoms with E-state index in [1.54, 1.807) is 12.1 Å². The first kappa shape index (κ1) is 20.1. The van der Waals surface area contributed by atoms with Crippen LogP contribution in [0.3, 0.4) is 0 Å². The van der Waals surface area contributed by atoms with E-state index in [4.69, 9.17) is 17.0 Å². The fourth-order valence-corrected chi connectivity index (χ4v) is 3.68. The van der Waals surface area contributed by atoms with Gasteiger partial charge in [-0.05, 0) is 74.3 Å². The third kappa shape index (κ3) is 4.81. The molecule has 2 aromatic carbocycles. The van der Waals surface area contributed by atoms with Crippen molar-refractivity contribution >= 4 is 34.7 Å². The molecule has 0 saturated carbocycles. The summed E-state index contributed by atoms with van der Waals surface area (Å²) < 4.78 is 4.79. The maximum atomic E-state index is 11.7. The van der Waals surface area contributed by atoms with E-state index >= 15 is 0 Å². The lowest BCUT2D eigenvalue weighted by Gasteiger charge is -2.21. The number of esters is 1. The number of benzene rings is 2. The molecular weight excluding hydrogens is 370 g/mol. The number of nitrogens with one attached hydrogen (secondary N) is 2. The van der Waals surface area contributed by atoms with Gasteiger partial charge >= 0.3 is 5.97 Å². The molecule has 1 fully saturated rings. The summed E-state index contributed by atoms with van der Waals surface area (Å²) in [5.41, 5.74) is 4.73. The van der Waals surface area contributed by atoms with Gasteiger partial charge in [-0.2, -0.15) is 0 Å². The molecule has 0 aromatic heterocycles. The molecule has 6 heteroatoms. The Morgan fingerprint density at radius 2 is 1.82 bits per heavy atom. The molecule has 2 aromatic rings. The van der Waals surface area contributed by atoms with Crippen molar-refractivity contribution in [2.24, 2.45) is 0 Å². The number of carbonyl (C=O) groups is 1. The van der Waals surface area contributed by atoms with Gasteiger partial charge in [0.05, 0.1) is 18.7 Å². The van der Waals surface area contributed by atoms with E-state index in [2.05, 4.69) is 46.7 Å². The molecule has 0 aliphatic carbocycles. The third-order valence-electron chi connectivity index (χ3n) is 5.12. The van der Waals surface area contributed by atoms with Crippen molar-refractivity contribution in [3.05, 3.63) is 59.2 Å². The third-order valence-corrected chi connectivity index (χ3v) is 5.34. The van der Waals surface area contributed by atoms with Gasteiger partial charge in [0.1, 0.15) is 0 Å². The van der Waals surface area contributed by atoms with Gasteiger partial charge < -0.3 is 20.3 Å². The van der Waals surface area contributed by atoms with Crippen LogP contribution in [0.25, 0.3) is 0 Å². The van der Waals surface area contributed by atoms with Gasteiger partial charge in [-0.15, -0.1) is 0 Å². The van der Waals surface area contributed by atoms with Crippen LogP contribution in [0.5, 0.6) is 0 Å². The molecule has 0 bridgehead atoms. The van der Waals surface area contributed by atoms with Crippen molar-refractivity contribution < 1.29 is 9.53 Å². The average Bonchev–Trinajstić information content (AvgIpc) is 3.24. The largest absolute Gasteiger partial charge is 0.465 e. The van der Waals surface area contributed by atoms with Gasteiger partial charge in [0, 0.05) is 24.5 Å². The highest BCUT2D eigenvalue weighted by molar-refractivity contribution is 7.80. The molecule has 0 spiro atoms. The Kier molecular flexibility index (Phi) is 6.52. The molecule has 1 saturated heterocycles. The number of aryl methyl sites for hydroxylation is 1. The van der Waals surface area contributed by atoms with Crippen molar-refractivity contribution in [1.82, 2.24) is 5.32 Å². The topological polar surface area (TPSA) is 53.6 Å². The lowest BCUT2D eigenvalue weighted by molar-refractivity contribution is 0.0601. The second-order valence-corrected chi connectivity index (χ2v) is 7.54. The van der Waals surface area contributed by atoms with Crippen molar-refractivity contribution in [3.63, 3.8) is 0 Å². The standard InChI is InChI=1S/C22H27N3O2S/c1-15-6-7-18(21(26)27-3)14-20(15)24-22(28)23-16(2)17-8-10-19(11-9-17)25-12-4-5-13-25/h6-11,14,16H,4-5,12-13H2,1-3H3,(H2,23,24,28). The average molecular weight is 398 g/mol. The summed E-state index contributed by atoms with van der Waals surface area (Å²) in [5.74, 6) is -0.367. The predicted octanol–water partition coefficient (Wildman–Crippen LogP) is 4.43. The Morgan fingerprint density at radius 1 is 1.14 bits per heavy atom. The van der Waals surface area contributed by atoms with E-state index in [1.165, 1.54) is 31.2 Å². The first-order chi connectivity index (χ1) is 13.5. The number of anilines is 2. The fraction of sp³-hybridized carbons (Fsp3) is 0.364. The highest BCUT2D eigenvalue weighted by Crippen LogP contribution is 2.23. The molecule has 0 amide bonds. The zero-order chi connectivity index (χ0) is 20.1. The molecule has 1 heterocycles. The minimum absolute atomic E-state index is 0.0664. The molecule has 5 nitrogen and oxygen atoms in total. The van der Waals surface area contributed by atoms with E-state index in [0.717, 1.165) is 24.3 Å². The number of carbonyl (C=O) groups excluding carboxylic acids is 1. The monoisotopic (exact) mass is 397 g/mol. The van der Waals surface area contributed by atoms with Crippen LogP contribution in [0.4, 0.5) is 11.4 Å². The van der Waals surface area contributed by atoms with Gasteiger partial charge in [0.25, 0.3) is 0 Å². The van der Waals surface area contributed by atoms with Crippen LogP contribution in [0.15, 0.2) is 42.5 Å². The van der Waals surface area contributed by atoms with Crippen molar-refractivity contribution in [2.75, 3.05) is 30.4 Å². The van der Waals surface area contributed by atoms with Crippen molar-refractivity contribution in [1.29, 1.82) is 0 Å². The van der Waals surface area contributed by atoms with E-state index in [-0.39, 0.29) is 12.0 Å². The van der Waals surface area contributed by atoms with Crippen molar-refractivity contribution in [2.45, 2.75) is 32.7 Å². The molecule has 28 heavy (non-hydrogen) atoms. The van der Waals surface area contributed by atoms with Gasteiger partial charge in [0.15, 0.2) is 5.11 Å². The molecular formula is C22H27N3O2S. The molecule has 1 unspecified atom stereocenters. The van der Waals surface area contributed by atoms with Gasteiger partial charge in [0.2, 0.25) is 0 Å². The number of rotatable bonds is 5. The number of hydrogen-bond acceptors (Lipinski definition) is 4. The van der Waals surface area contributed by atoms with Crippen molar-refractivity contribution in [3.8, 4) is 0 Å². The Morgan fingerprint density at radius 3 is 2.46 bits per heavy atom. The summed E-state index contributed by atoms with van der Waals surface area (Å²) in [6.45, 7) is 6.33. The predicted molar refractivity (Wildman–Crippen MR) is 118 cm³/mol. The Balaban J connectivity index is 1.62. The maximum absolute atomic E-state index is 11.7. The van der Waals surface area contributed by atoms with E-state index in [0.29, 0.717) is 10.7 Å². The van der Waals surface area contributed by atoms with E-state index in [9.17, 15) is 4.79 Å². The molecule has 1 aliphatic heterocycles. The number of thiocarbonyl (C=S) groups is 1. The Hall–Kier alpha value is -2.60. The smallest absolute Gasteiger partial charge is 0.337 e. The van der Waals surface area contributed by atoms with Gasteiger partial charge in [-0.1, -0.05) is 18.2 Å². The fourth-order valence-electron chi connectivity index (χ4n) is 3.39. The lowest BCUT2D eigenvalue weighted by Crippen LogP contribution is -2.31. The number of nitrogens with zero attached hydrogens (tertiary/aromatic N) is 1. The molecule has 0 radical (unpaired) electrons. The first-order valence-corrected chi connectivity index (χ1v) is 10.00. The molecule has 148 valence electrons.